The third-order valence-corrected chi connectivity index (χ3v) is 5.78. The largest absolute Gasteiger partial charge is 0.379 e. The number of nitro groups is 1. The van der Waals surface area contributed by atoms with Gasteiger partial charge in [0.25, 0.3) is 5.69 Å². The van der Waals surface area contributed by atoms with Gasteiger partial charge in [-0.25, -0.2) is 8.42 Å². The molecule has 0 N–H and O–H groups in total. The Morgan fingerprint density at radius 1 is 1.35 bits per heavy atom. The molecule has 2 rings (SSSR count). The Hall–Kier alpha value is -1.59. The van der Waals surface area contributed by atoms with Gasteiger partial charge in [-0.1, -0.05) is 12.1 Å². The Morgan fingerprint density at radius 3 is 2.65 bits per heavy atom. The van der Waals surface area contributed by atoms with Crippen molar-refractivity contribution in [3.63, 3.8) is 0 Å². The fourth-order valence-electron chi connectivity index (χ4n) is 2.91. The maximum Gasteiger partial charge on any atom is 0.289 e. The number of sulfonamides is 1. The summed E-state index contributed by atoms with van der Waals surface area (Å²) in [5.74, 6) is -1.16. The number of nitrogens with zero attached hydrogens (tertiary/aromatic N) is 2. The maximum absolute atomic E-state index is 13.1. The highest BCUT2D eigenvalue weighted by Gasteiger charge is 2.44. The SMILES string of the molecule is CCOC[C@H]1CN(S(=O)(=O)c2ccccc2[N+](=O)[O-])C[C@](C)(OCC)O1. The molecule has 0 amide bonds. The van der Waals surface area contributed by atoms with Gasteiger partial charge >= 0.3 is 0 Å². The Morgan fingerprint density at radius 2 is 2.04 bits per heavy atom. The summed E-state index contributed by atoms with van der Waals surface area (Å²) in [4.78, 5) is 10.2. The van der Waals surface area contributed by atoms with Gasteiger partial charge in [-0.05, 0) is 26.8 Å². The highest BCUT2D eigenvalue weighted by Crippen LogP contribution is 2.31. The predicted molar refractivity (Wildman–Crippen MR) is 93.3 cm³/mol. The molecule has 1 saturated heterocycles. The molecule has 0 radical (unpaired) electrons. The summed E-state index contributed by atoms with van der Waals surface area (Å²) in [6.07, 6.45) is -0.544. The van der Waals surface area contributed by atoms with Crippen molar-refractivity contribution < 1.29 is 27.6 Å². The van der Waals surface area contributed by atoms with Crippen LogP contribution in [0.3, 0.4) is 0 Å². The summed E-state index contributed by atoms with van der Waals surface area (Å²) in [5, 5.41) is 11.2. The average Bonchev–Trinajstić information content (AvgIpc) is 2.59. The zero-order valence-electron chi connectivity index (χ0n) is 15.1. The number of para-hydroxylation sites is 1. The fourth-order valence-corrected chi connectivity index (χ4v) is 4.61. The number of ether oxygens (including phenoxy) is 3. The molecule has 0 unspecified atom stereocenters. The molecule has 1 heterocycles. The highest BCUT2D eigenvalue weighted by molar-refractivity contribution is 7.89. The molecule has 1 aliphatic rings. The number of hydrogen-bond acceptors (Lipinski definition) is 7. The Bertz CT molecular complexity index is 740. The van der Waals surface area contributed by atoms with Crippen LogP contribution >= 0.6 is 0 Å². The number of rotatable bonds is 8. The van der Waals surface area contributed by atoms with Crippen molar-refractivity contribution >= 4 is 15.7 Å². The van der Waals surface area contributed by atoms with Gasteiger partial charge in [-0.15, -0.1) is 0 Å². The van der Waals surface area contributed by atoms with E-state index in [-0.39, 0.29) is 24.6 Å². The lowest BCUT2D eigenvalue weighted by atomic mass is 10.2. The van der Waals surface area contributed by atoms with Crippen LogP contribution in [0.1, 0.15) is 20.8 Å². The zero-order chi connectivity index (χ0) is 19.4. The third kappa shape index (κ3) is 4.57. The van der Waals surface area contributed by atoms with Crippen molar-refractivity contribution in [1.29, 1.82) is 0 Å². The molecule has 1 aliphatic heterocycles. The monoisotopic (exact) mass is 388 g/mol. The van der Waals surface area contributed by atoms with Gasteiger partial charge < -0.3 is 14.2 Å². The van der Waals surface area contributed by atoms with Gasteiger partial charge in [0.1, 0.15) is 0 Å². The molecule has 1 aromatic carbocycles. The van der Waals surface area contributed by atoms with E-state index in [1.165, 1.54) is 24.3 Å². The molecule has 2 atom stereocenters. The summed E-state index contributed by atoms with van der Waals surface area (Å²) < 4.78 is 44.2. The van der Waals surface area contributed by atoms with E-state index in [1.807, 2.05) is 6.92 Å². The quantitative estimate of drug-likeness (QED) is 0.493. The van der Waals surface area contributed by atoms with E-state index >= 15 is 0 Å². The van der Waals surface area contributed by atoms with E-state index in [1.54, 1.807) is 13.8 Å². The molecule has 26 heavy (non-hydrogen) atoms. The maximum atomic E-state index is 13.1. The first-order valence-electron chi connectivity index (χ1n) is 8.36. The molecule has 0 spiro atoms. The molecule has 1 aromatic rings. The lowest BCUT2D eigenvalue weighted by molar-refractivity contribution is -0.387. The minimum Gasteiger partial charge on any atom is -0.379 e. The van der Waals surface area contributed by atoms with Crippen LogP contribution in [-0.2, 0) is 24.2 Å². The van der Waals surface area contributed by atoms with Crippen molar-refractivity contribution in [2.75, 3.05) is 32.9 Å². The van der Waals surface area contributed by atoms with Gasteiger partial charge in [0.15, 0.2) is 10.7 Å². The standard InChI is InChI=1S/C16H24N2O7S/c1-4-23-11-13-10-17(12-16(3,25-13)24-5-2)26(21,22)15-9-7-6-8-14(15)18(19)20/h6-9,13H,4-5,10-12H2,1-3H3/t13-,16-/m1/s1. The second-order valence-electron chi connectivity index (χ2n) is 5.99. The van der Waals surface area contributed by atoms with Crippen LogP contribution in [-0.4, -0.2) is 62.4 Å². The van der Waals surface area contributed by atoms with Crippen LogP contribution in [0.4, 0.5) is 5.69 Å². The molecule has 0 aromatic heterocycles. The molecule has 0 bridgehead atoms. The van der Waals surface area contributed by atoms with Gasteiger partial charge in [-0.2, -0.15) is 4.31 Å². The molecule has 146 valence electrons. The molecule has 1 fully saturated rings. The molecule has 9 nitrogen and oxygen atoms in total. The summed E-state index contributed by atoms with van der Waals surface area (Å²) in [6.45, 7) is 6.20. The molecule has 0 saturated carbocycles. The van der Waals surface area contributed by atoms with Crippen LogP contribution in [0, 0.1) is 10.1 Å². The Kier molecular flexibility index (Phi) is 6.69. The number of benzene rings is 1. The average molecular weight is 388 g/mol. The normalized spacial score (nSPS) is 24.5. The Balaban J connectivity index is 2.38. The van der Waals surface area contributed by atoms with Crippen LogP contribution in [0.15, 0.2) is 29.2 Å². The van der Waals surface area contributed by atoms with Crippen molar-refractivity contribution in [3.8, 4) is 0 Å². The molecule has 0 aliphatic carbocycles. The second kappa shape index (κ2) is 8.40. The van der Waals surface area contributed by atoms with E-state index in [9.17, 15) is 18.5 Å². The lowest BCUT2D eigenvalue weighted by Crippen LogP contribution is -2.58. The smallest absolute Gasteiger partial charge is 0.289 e. The Labute approximate surface area is 153 Å². The van der Waals surface area contributed by atoms with Crippen LogP contribution < -0.4 is 0 Å². The third-order valence-electron chi connectivity index (χ3n) is 3.92. The summed E-state index contributed by atoms with van der Waals surface area (Å²) in [5.41, 5.74) is -0.460. The van der Waals surface area contributed by atoms with E-state index in [0.717, 1.165) is 4.31 Å². The van der Waals surface area contributed by atoms with Crippen molar-refractivity contribution in [3.05, 3.63) is 34.4 Å². The van der Waals surface area contributed by atoms with E-state index in [4.69, 9.17) is 14.2 Å². The first kappa shape index (κ1) is 20.7. The molecular weight excluding hydrogens is 364 g/mol. The van der Waals surface area contributed by atoms with E-state index in [0.29, 0.717) is 13.2 Å². The predicted octanol–water partition coefficient (Wildman–Crippen LogP) is 1.77. The minimum absolute atomic E-state index is 0.0248. The summed E-state index contributed by atoms with van der Waals surface area (Å²) >= 11 is 0. The van der Waals surface area contributed by atoms with Gasteiger partial charge in [-0.3, -0.25) is 10.1 Å². The van der Waals surface area contributed by atoms with Crippen molar-refractivity contribution in [1.82, 2.24) is 4.31 Å². The first-order chi connectivity index (χ1) is 12.2. The lowest BCUT2D eigenvalue weighted by Gasteiger charge is -2.43. The minimum atomic E-state index is -4.11. The van der Waals surface area contributed by atoms with Crippen LogP contribution in [0.2, 0.25) is 0 Å². The first-order valence-corrected chi connectivity index (χ1v) is 9.80. The van der Waals surface area contributed by atoms with Crippen molar-refractivity contribution in [2.45, 2.75) is 37.6 Å². The number of morpholine rings is 1. The molecular formula is C16H24N2O7S. The van der Waals surface area contributed by atoms with Crippen molar-refractivity contribution in [2.24, 2.45) is 0 Å². The zero-order valence-corrected chi connectivity index (χ0v) is 15.9. The van der Waals surface area contributed by atoms with Crippen LogP contribution in [0.5, 0.6) is 0 Å². The summed E-state index contributed by atoms with van der Waals surface area (Å²) in [6, 6.07) is 5.30. The van der Waals surface area contributed by atoms with E-state index in [2.05, 4.69) is 0 Å². The second-order valence-corrected chi connectivity index (χ2v) is 7.89. The highest BCUT2D eigenvalue weighted by atomic mass is 32.2. The topological polar surface area (TPSA) is 108 Å². The number of nitro benzene ring substituents is 1. The van der Waals surface area contributed by atoms with Crippen LogP contribution in [0.25, 0.3) is 0 Å². The molecule has 10 heteroatoms. The van der Waals surface area contributed by atoms with Gasteiger partial charge in [0.2, 0.25) is 10.0 Å². The fraction of sp³-hybridized carbons (Fsp3) is 0.625. The summed E-state index contributed by atoms with van der Waals surface area (Å²) in [7, 11) is -4.11. The van der Waals surface area contributed by atoms with Gasteiger partial charge in [0.05, 0.1) is 24.2 Å². The number of hydrogen-bond donors (Lipinski definition) is 0. The van der Waals surface area contributed by atoms with Gasteiger partial charge in [0, 0.05) is 25.8 Å². The van der Waals surface area contributed by atoms with E-state index < -0.39 is 32.5 Å².